The second-order valence-electron chi connectivity index (χ2n) is 4.96. The van der Waals surface area contributed by atoms with Crippen molar-refractivity contribution in [3.8, 4) is 0 Å². The summed E-state index contributed by atoms with van der Waals surface area (Å²) in [6.45, 7) is -0.330. The summed E-state index contributed by atoms with van der Waals surface area (Å²) in [5, 5.41) is 9.04. The summed E-state index contributed by atoms with van der Waals surface area (Å²) in [6.07, 6.45) is -3.17. The molecule has 1 N–H and O–H groups in total. The smallest absolute Gasteiger partial charge is 0.406 e. The molecule has 2 rings (SSSR count). The van der Waals surface area contributed by atoms with Gasteiger partial charge in [0.05, 0.1) is 12.8 Å². The molecule has 6 nitrogen and oxygen atoms in total. The van der Waals surface area contributed by atoms with Gasteiger partial charge in [0.25, 0.3) is 5.91 Å². The zero-order valence-electron chi connectivity index (χ0n) is 12.6. The first-order chi connectivity index (χ1) is 11.2. The van der Waals surface area contributed by atoms with Gasteiger partial charge in [-0.2, -0.15) is 13.2 Å². The van der Waals surface area contributed by atoms with E-state index >= 15 is 0 Å². The third-order valence-electron chi connectivity index (χ3n) is 3.16. The Morgan fingerprint density at radius 1 is 1.33 bits per heavy atom. The summed E-state index contributed by atoms with van der Waals surface area (Å²) in [5.41, 5.74) is -0.245. The standard InChI is InChI=1S/C15H14F3NO5/c1-2-11-10(14(21)22)6-12(24-11)13(20)19(8-15(16,17)18)7-9-4-3-5-23-9/h3-6H,2,7-8H2,1H3,(H,21,22). The number of carbonyl (C=O) groups is 2. The van der Waals surface area contributed by atoms with Crippen molar-refractivity contribution in [1.29, 1.82) is 0 Å². The quantitative estimate of drug-likeness (QED) is 0.868. The molecule has 0 atom stereocenters. The number of hydrogen-bond acceptors (Lipinski definition) is 4. The molecule has 0 aromatic carbocycles. The number of aromatic carboxylic acids is 1. The van der Waals surface area contributed by atoms with Crippen molar-refractivity contribution >= 4 is 11.9 Å². The molecule has 0 spiro atoms. The van der Waals surface area contributed by atoms with E-state index in [0.717, 1.165) is 6.07 Å². The number of carboxylic acids is 1. The van der Waals surface area contributed by atoms with Crippen molar-refractivity contribution in [3.63, 3.8) is 0 Å². The summed E-state index contributed by atoms with van der Waals surface area (Å²) in [7, 11) is 0. The van der Waals surface area contributed by atoms with Crippen LogP contribution in [0.5, 0.6) is 0 Å². The van der Waals surface area contributed by atoms with Crippen LogP contribution in [0.2, 0.25) is 0 Å². The highest BCUT2D eigenvalue weighted by atomic mass is 19.4. The summed E-state index contributed by atoms with van der Waals surface area (Å²) in [6, 6.07) is 3.85. The van der Waals surface area contributed by atoms with Gasteiger partial charge in [-0.25, -0.2) is 4.79 Å². The van der Waals surface area contributed by atoms with Crippen LogP contribution in [0, 0.1) is 0 Å². The molecule has 2 aromatic heterocycles. The SMILES string of the molecule is CCc1oc(C(=O)N(Cc2ccco2)CC(F)(F)F)cc1C(=O)O. The number of furan rings is 2. The molecule has 0 unspecified atom stereocenters. The van der Waals surface area contributed by atoms with Crippen molar-refractivity contribution in [3.05, 3.63) is 47.3 Å². The fraction of sp³-hybridized carbons (Fsp3) is 0.333. The molecule has 0 saturated carbocycles. The van der Waals surface area contributed by atoms with E-state index in [2.05, 4.69) is 0 Å². The molecule has 0 fully saturated rings. The Morgan fingerprint density at radius 3 is 2.50 bits per heavy atom. The zero-order valence-corrected chi connectivity index (χ0v) is 12.6. The van der Waals surface area contributed by atoms with Crippen molar-refractivity contribution in [2.45, 2.75) is 26.1 Å². The zero-order chi connectivity index (χ0) is 17.9. The maximum Gasteiger partial charge on any atom is 0.406 e. The van der Waals surface area contributed by atoms with Crippen molar-refractivity contribution in [2.75, 3.05) is 6.54 Å². The third kappa shape index (κ3) is 4.18. The van der Waals surface area contributed by atoms with Gasteiger partial charge >= 0.3 is 12.1 Å². The van der Waals surface area contributed by atoms with Crippen LogP contribution in [0.3, 0.4) is 0 Å². The van der Waals surface area contributed by atoms with E-state index in [1.807, 2.05) is 0 Å². The van der Waals surface area contributed by atoms with Gasteiger partial charge in [0, 0.05) is 12.5 Å². The molecule has 2 aromatic rings. The lowest BCUT2D eigenvalue weighted by Crippen LogP contribution is -2.38. The summed E-state index contributed by atoms with van der Waals surface area (Å²) >= 11 is 0. The topological polar surface area (TPSA) is 83.9 Å². The highest BCUT2D eigenvalue weighted by Crippen LogP contribution is 2.23. The molecule has 0 aliphatic carbocycles. The van der Waals surface area contributed by atoms with E-state index in [9.17, 15) is 22.8 Å². The van der Waals surface area contributed by atoms with Gasteiger partial charge in [0.15, 0.2) is 5.76 Å². The number of hydrogen-bond donors (Lipinski definition) is 1. The number of halogens is 3. The van der Waals surface area contributed by atoms with Crippen LogP contribution in [0.15, 0.2) is 33.3 Å². The van der Waals surface area contributed by atoms with Crippen molar-refractivity contribution in [2.24, 2.45) is 0 Å². The number of nitrogens with zero attached hydrogens (tertiary/aromatic N) is 1. The number of carboxylic acid groups (broad SMARTS) is 1. The van der Waals surface area contributed by atoms with E-state index in [0.29, 0.717) is 4.90 Å². The molecule has 1 amide bonds. The molecule has 2 heterocycles. The van der Waals surface area contributed by atoms with Gasteiger partial charge in [-0.15, -0.1) is 0 Å². The van der Waals surface area contributed by atoms with Crippen LogP contribution < -0.4 is 0 Å². The Labute approximate surface area is 134 Å². The fourth-order valence-corrected chi connectivity index (χ4v) is 2.14. The van der Waals surface area contributed by atoms with Crippen molar-refractivity contribution in [1.82, 2.24) is 4.90 Å². The van der Waals surface area contributed by atoms with Gasteiger partial charge in [0.2, 0.25) is 0 Å². The van der Waals surface area contributed by atoms with Gasteiger partial charge in [-0.3, -0.25) is 4.79 Å². The minimum absolute atomic E-state index is 0.0239. The maximum atomic E-state index is 12.7. The van der Waals surface area contributed by atoms with E-state index in [1.54, 1.807) is 6.92 Å². The van der Waals surface area contributed by atoms with Gasteiger partial charge in [-0.1, -0.05) is 6.92 Å². The summed E-state index contributed by atoms with van der Waals surface area (Å²) in [4.78, 5) is 23.9. The number of alkyl halides is 3. The molecule has 0 saturated heterocycles. The van der Waals surface area contributed by atoms with Gasteiger partial charge in [-0.05, 0) is 12.1 Å². The summed E-state index contributed by atoms with van der Waals surface area (Å²) in [5.74, 6) is -2.65. The third-order valence-corrected chi connectivity index (χ3v) is 3.16. The second kappa shape index (κ2) is 6.81. The lowest BCUT2D eigenvalue weighted by Gasteiger charge is -2.21. The Kier molecular flexibility index (Phi) is 5.01. The minimum Gasteiger partial charge on any atom is -0.478 e. The number of carbonyl (C=O) groups excluding carboxylic acids is 1. The predicted molar refractivity (Wildman–Crippen MR) is 74.5 cm³/mol. The van der Waals surface area contributed by atoms with Crippen LogP contribution in [0.25, 0.3) is 0 Å². The van der Waals surface area contributed by atoms with Crippen LogP contribution in [0.1, 0.15) is 39.4 Å². The van der Waals surface area contributed by atoms with Crippen LogP contribution in [0.4, 0.5) is 13.2 Å². The highest BCUT2D eigenvalue weighted by molar-refractivity contribution is 5.96. The van der Waals surface area contributed by atoms with Crippen LogP contribution in [-0.2, 0) is 13.0 Å². The van der Waals surface area contributed by atoms with E-state index in [-0.39, 0.29) is 23.5 Å². The fourth-order valence-electron chi connectivity index (χ4n) is 2.14. The molecular weight excluding hydrogens is 331 g/mol. The van der Waals surface area contributed by atoms with E-state index in [4.69, 9.17) is 13.9 Å². The molecule has 0 bridgehead atoms. The molecule has 24 heavy (non-hydrogen) atoms. The van der Waals surface area contributed by atoms with Crippen LogP contribution >= 0.6 is 0 Å². The lowest BCUT2D eigenvalue weighted by molar-refractivity contribution is -0.142. The minimum atomic E-state index is -4.63. The first kappa shape index (κ1) is 17.6. The Balaban J connectivity index is 2.31. The summed E-state index contributed by atoms with van der Waals surface area (Å²) < 4.78 is 48.3. The molecule has 0 aliphatic heterocycles. The first-order valence-corrected chi connectivity index (χ1v) is 6.95. The van der Waals surface area contributed by atoms with Gasteiger partial charge in [0.1, 0.15) is 23.6 Å². The van der Waals surface area contributed by atoms with Gasteiger partial charge < -0.3 is 18.8 Å². The molecule has 130 valence electrons. The van der Waals surface area contributed by atoms with Crippen LogP contribution in [-0.4, -0.2) is 34.6 Å². The number of aryl methyl sites for hydroxylation is 1. The Bertz CT molecular complexity index is 718. The number of rotatable bonds is 6. The molecular formula is C15H14F3NO5. The van der Waals surface area contributed by atoms with Crippen molar-refractivity contribution < 1.29 is 36.7 Å². The number of amides is 1. The highest BCUT2D eigenvalue weighted by Gasteiger charge is 2.35. The Hall–Kier alpha value is -2.71. The van der Waals surface area contributed by atoms with E-state index < -0.39 is 36.9 Å². The predicted octanol–water partition coefficient (Wildman–Crippen LogP) is 3.34. The normalized spacial score (nSPS) is 11.5. The average molecular weight is 345 g/mol. The first-order valence-electron chi connectivity index (χ1n) is 6.95. The largest absolute Gasteiger partial charge is 0.478 e. The maximum absolute atomic E-state index is 12.7. The Morgan fingerprint density at radius 2 is 2.04 bits per heavy atom. The van der Waals surface area contributed by atoms with E-state index in [1.165, 1.54) is 18.4 Å². The lowest BCUT2D eigenvalue weighted by atomic mass is 10.2. The molecule has 0 radical (unpaired) electrons. The molecule has 9 heteroatoms. The average Bonchev–Trinajstić information content (AvgIpc) is 3.13. The molecule has 0 aliphatic rings. The monoisotopic (exact) mass is 345 g/mol. The second-order valence-corrected chi connectivity index (χ2v) is 4.96.